The van der Waals surface area contributed by atoms with Crippen LogP contribution in [0.3, 0.4) is 0 Å². The topological polar surface area (TPSA) is 33.3 Å². The molecule has 4 heteroatoms. The smallest absolute Gasteiger partial charge is 0.0587 e. The molecule has 0 spiro atoms. The Morgan fingerprint density at radius 1 is 1.00 bits per heavy atom. The average molecular weight is 235 g/mol. The lowest BCUT2D eigenvalue weighted by atomic mass is 9.84. The van der Waals surface area contributed by atoms with Gasteiger partial charge in [0.05, 0.1) is 6.10 Å². The lowest BCUT2D eigenvalue weighted by molar-refractivity contribution is 0.0335. The van der Waals surface area contributed by atoms with Crippen molar-refractivity contribution >= 4 is 12.4 Å². The number of ether oxygens (including phenoxy) is 1. The second-order valence-electron chi connectivity index (χ2n) is 4.79. The predicted octanol–water partition coefficient (Wildman–Crippen LogP) is 1.31. The standard InChI is InChI=1S/C11H22N2O.ClH/c1-7-8(2)13-11-6-9(14-3)4-5-10(11)12-7;/h7-13H,4-6H2,1-3H3;1H. The highest BCUT2D eigenvalue weighted by Crippen LogP contribution is 2.24. The van der Waals surface area contributed by atoms with E-state index in [-0.39, 0.29) is 12.4 Å². The lowest BCUT2D eigenvalue weighted by Gasteiger charge is -2.45. The largest absolute Gasteiger partial charge is 0.381 e. The minimum atomic E-state index is 0. The molecule has 1 saturated carbocycles. The molecule has 0 amide bonds. The van der Waals surface area contributed by atoms with Crippen LogP contribution in [-0.4, -0.2) is 37.4 Å². The minimum Gasteiger partial charge on any atom is -0.381 e. The summed E-state index contributed by atoms with van der Waals surface area (Å²) in [5.74, 6) is 0. The van der Waals surface area contributed by atoms with Gasteiger partial charge in [-0.1, -0.05) is 0 Å². The molecule has 3 nitrogen and oxygen atoms in total. The van der Waals surface area contributed by atoms with Gasteiger partial charge in [-0.15, -0.1) is 12.4 Å². The molecule has 2 rings (SSSR count). The monoisotopic (exact) mass is 234 g/mol. The average Bonchev–Trinajstić information content (AvgIpc) is 2.19. The van der Waals surface area contributed by atoms with E-state index in [0.717, 1.165) is 6.42 Å². The molecular formula is C11H23ClN2O. The Kier molecular flexibility index (Phi) is 4.84. The van der Waals surface area contributed by atoms with Gasteiger partial charge in [-0.2, -0.15) is 0 Å². The van der Waals surface area contributed by atoms with Crippen molar-refractivity contribution in [1.29, 1.82) is 0 Å². The summed E-state index contributed by atoms with van der Waals surface area (Å²) in [6.07, 6.45) is 4.07. The molecule has 5 atom stereocenters. The van der Waals surface area contributed by atoms with E-state index in [1.165, 1.54) is 12.8 Å². The van der Waals surface area contributed by atoms with Gasteiger partial charge >= 0.3 is 0 Å². The highest BCUT2D eigenvalue weighted by molar-refractivity contribution is 5.85. The number of nitrogens with one attached hydrogen (secondary N) is 2. The SMILES string of the molecule is COC1CCC2NC(C)C(C)NC2C1.Cl. The summed E-state index contributed by atoms with van der Waals surface area (Å²) in [4.78, 5) is 0. The van der Waals surface area contributed by atoms with Crippen LogP contribution in [0.1, 0.15) is 33.1 Å². The van der Waals surface area contributed by atoms with Crippen LogP contribution >= 0.6 is 12.4 Å². The molecule has 2 fully saturated rings. The number of hydrogen-bond donors (Lipinski definition) is 2. The summed E-state index contributed by atoms with van der Waals surface area (Å²) in [5.41, 5.74) is 0. The normalized spacial score (nSPS) is 45.4. The third-order valence-electron chi connectivity index (χ3n) is 3.84. The molecular weight excluding hydrogens is 212 g/mol. The Morgan fingerprint density at radius 2 is 1.60 bits per heavy atom. The first-order valence-corrected chi connectivity index (χ1v) is 5.75. The molecule has 1 heterocycles. The Balaban J connectivity index is 0.00000112. The van der Waals surface area contributed by atoms with E-state index in [1.54, 1.807) is 0 Å². The molecule has 2 aliphatic rings. The van der Waals surface area contributed by atoms with E-state index in [0.29, 0.717) is 30.3 Å². The first-order chi connectivity index (χ1) is 6.70. The lowest BCUT2D eigenvalue weighted by Crippen LogP contribution is -2.66. The van der Waals surface area contributed by atoms with Crippen LogP contribution in [0.4, 0.5) is 0 Å². The van der Waals surface area contributed by atoms with Crippen molar-refractivity contribution in [3.63, 3.8) is 0 Å². The second-order valence-corrected chi connectivity index (χ2v) is 4.79. The molecule has 0 bridgehead atoms. The molecule has 0 aromatic rings. The van der Waals surface area contributed by atoms with Crippen molar-refractivity contribution in [3.05, 3.63) is 0 Å². The highest BCUT2D eigenvalue weighted by atomic mass is 35.5. The van der Waals surface area contributed by atoms with Crippen LogP contribution < -0.4 is 10.6 Å². The van der Waals surface area contributed by atoms with Gasteiger partial charge in [-0.05, 0) is 33.1 Å². The molecule has 1 aliphatic heterocycles. The Labute approximate surface area is 98.7 Å². The van der Waals surface area contributed by atoms with Gasteiger partial charge < -0.3 is 15.4 Å². The molecule has 90 valence electrons. The number of hydrogen-bond acceptors (Lipinski definition) is 3. The summed E-state index contributed by atoms with van der Waals surface area (Å²) in [6, 6.07) is 2.44. The zero-order valence-corrected chi connectivity index (χ0v) is 10.6. The molecule has 0 aromatic carbocycles. The zero-order chi connectivity index (χ0) is 10.1. The van der Waals surface area contributed by atoms with Crippen LogP contribution in [0.25, 0.3) is 0 Å². The highest BCUT2D eigenvalue weighted by Gasteiger charge is 2.36. The quantitative estimate of drug-likeness (QED) is 0.718. The van der Waals surface area contributed by atoms with Gasteiger partial charge in [0.1, 0.15) is 0 Å². The fourth-order valence-corrected chi connectivity index (χ4v) is 2.69. The van der Waals surface area contributed by atoms with Gasteiger partial charge in [0.15, 0.2) is 0 Å². The van der Waals surface area contributed by atoms with E-state index < -0.39 is 0 Å². The first-order valence-electron chi connectivity index (χ1n) is 5.75. The zero-order valence-electron chi connectivity index (χ0n) is 9.82. The van der Waals surface area contributed by atoms with Crippen LogP contribution in [0.2, 0.25) is 0 Å². The molecule has 0 radical (unpaired) electrons. The number of fused-ring (bicyclic) bond motifs is 1. The maximum atomic E-state index is 5.43. The van der Waals surface area contributed by atoms with Gasteiger partial charge in [-0.25, -0.2) is 0 Å². The molecule has 0 aromatic heterocycles. The van der Waals surface area contributed by atoms with Crippen molar-refractivity contribution in [3.8, 4) is 0 Å². The Hall–Kier alpha value is 0.170. The second kappa shape index (κ2) is 5.48. The van der Waals surface area contributed by atoms with E-state index in [9.17, 15) is 0 Å². The third kappa shape index (κ3) is 2.84. The van der Waals surface area contributed by atoms with Crippen molar-refractivity contribution in [2.24, 2.45) is 0 Å². The van der Waals surface area contributed by atoms with Crippen molar-refractivity contribution < 1.29 is 4.74 Å². The fraction of sp³-hybridized carbons (Fsp3) is 1.00. The fourth-order valence-electron chi connectivity index (χ4n) is 2.69. The summed E-state index contributed by atoms with van der Waals surface area (Å²) < 4.78 is 5.43. The summed E-state index contributed by atoms with van der Waals surface area (Å²) in [6.45, 7) is 4.51. The predicted molar refractivity (Wildman–Crippen MR) is 64.7 cm³/mol. The van der Waals surface area contributed by atoms with Gasteiger partial charge in [-0.3, -0.25) is 0 Å². The third-order valence-corrected chi connectivity index (χ3v) is 3.84. The Bertz CT molecular complexity index is 199. The summed E-state index contributed by atoms with van der Waals surface area (Å²) in [7, 11) is 1.83. The van der Waals surface area contributed by atoms with E-state index >= 15 is 0 Å². The maximum absolute atomic E-state index is 5.43. The van der Waals surface area contributed by atoms with Crippen LogP contribution in [0.5, 0.6) is 0 Å². The van der Waals surface area contributed by atoms with E-state index in [4.69, 9.17) is 4.74 Å². The van der Waals surface area contributed by atoms with Crippen LogP contribution in [0.15, 0.2) is 0 Å². The maximum Gasteiger partial charge on any atom is 0.0587 e. The van der Waals surface area contributed by atoms with Gasteiger partial charge in [0.25, 0.3) is 0 Å². The van der Waals surface area contributed by atoms with Gasteiger partial charge in [0.2, 0.25) is 0 Å². The first kappa shape index (κ1) is 13.2. The number of halogens is 1. The minimum absolute atomic E-state index is 0. The number of piperazine rings is 1. The van der Waals surface area contributed by atoms with Crippen molar-refractivity contribution in [1.82, 2.24) is 10.6 Å². The van der Waals surface area contributed by atoms with E-state index in [2.05, 4.69) is 24.5 Å². The molecule has 1 aliphatic carbocycles. The molecule has 1 saturated heterocycles. The van der Waals surface area contributed by atoms with E-state index in [1.807, 2.05) is 7.11 Å². The molecule has 2 N–H and O–H groups in total. The van der Waals surface area contributed by atoms with Crippen LogP contribution in [-0.2, 0) is 4.74 Å². The van der Waals surface area contributed by atoms with Crippen LogP contribution in [0, 0.1) is 0 Å². The van der Waals surface area contributed by atoms with Crippen molar-refractivity contribution in [2.45, 2.75) is 63.4 Å². The molecule has 15 heavy (non-hydrogen) atoms. The Morgan fingerprint density at radius 3 is 2.20 bits per heavy atom. The number of rotatable bonds is 1. The van der Waals surface area contributed by atoms with Gasteiger partial charge in [0, 0.05) is 31.3 Å². The number of methoxy groups -OCH3 is 1. The summed E-state index contributed by atoms with van der Waals surface area (Å²) >= 11 is 0. The van der Waals surface area contributed by atoms with Crippen molar-refractivity contribution in [2.75, 3.05) is 7.11 Å². The summed E-state index contributed by atoms with van der Waals surface area (Å²) in [5, 5.41) is 7.38. The molecule has 5 unspecified atom stereocenters.